The molecule has 172 valence electrons. The fourth-order valence-corrected chi connectivity index (χ4v) is 2.43. The standard InChI is InChI=1S/C16H31N7O6S/c1-7(17)12(25)23-11(8(2)24)14(27)21-9(4-3-5-20-16(18)19)13(26)22-10(6-30)15(28)29/h7-11,24,30H,3-6,17H2,1-2H3,(H,21,27)(H,22,26)(H,23,25)(H,28,29)(H4,18,19,20). The number of aliphatic hydroxyl groups is 1. The van der Waals surface area contributed by atoms with E-state index in [1.807, 2.05) is 0 Å². The van der Waals surface area contributed by atoms with E-state index in [9.17, 15) is 24.3 Å². The predicted molar refractivity (Wildman–Crippen MR) is 113 cm³/mol. The van der Waals surface area contributed by atoms with Gasteiger partial charge in [0, 0.05) is 12.3 Å². The molecule has 0 aliphatic heterocycles. The lowest BCUT2D eigenvalue weighted by Gasteiger charge is -2.26. The Kier molecular flexibility index (Phi) is 12.4. The summed E-state index contributed by atoms with van der Waals surface area (Å²) in [5.41, 5.74) is 15.9. The quantitative estimate of drug-likeness (QED) is 0.0580. The van der Waals surface area contributed by atoms with Gasteiger partial charge >= 0.3 is 5.97 Å². The molecule has 3 amide bonds. The molecule has 13 nitrogen and oxygen atoms in total. The summed E-state index contributed by atoms with van der Waals surface area (Å²) in [5.74, 6) is -3.91. The summed E-state index contributed by atoms with van der Waals surface area (Å²) in [5, 5.41) is 25.9. The number of hydrogen-bond donors (Lipinski definition) is 9. The van der Waals surface area contributed by atoms with Gasteiger partial charge in [0.05, 0.1) is 12.1 Å². The van der Waals surface area contributed by atoms with E-state index in [1.165, 1.54) is 13.8 Å². The molecule has 0 radical (unpaired) electrons. The van der Waals surface area contributed by atoms with Crippen LogP contribution in [0.15, 0.2) is 4.99 Å². The number of carbonyl (C=O) groups is 4. The third kappa shape index (κ3) is 10.3. The Balaban J connectivity index is 5.37. The number of aliphatic imine (C=N–C) groups is 1. The van der Waals surface area contributed by atoms with Crippen LogP contribution in [0.2, 0.25) is 0 Å². The number of nitrogens with zero attached hydrogens (tertiary/aromatic N) is 1. The van der Waals surface area contributed by atoms with Gasteiger partial charge in [0.15, 0.2) is 5.96 Å². The van der Waals surface area contributed by atoms with Gasteiger partial charge in [-0.25, -0.2) is 4.79 Å². The van der Waals surface area contributed by atoms with Crippen molar-refractivity contribution in [1.82, 2.24) is 16.0 Å². The van der Waals surface area contributed by atoms with Gasteiger partial charge in [0.1, 0.15) is 18.1 Å². The average molecular weight is 450 g/mol. The molecule has 5 unspecified atom stereocenters. The summed E-state index contributed by atoms with van der Waals surface area (Å²) >= 11 is 3.87. The lowest BCUT2D eigenvalue weighted by Crippen LogP contribution is -2.59. The summed E-state index contributed by atoms with van der Waals surface area (Å²) in [6, 6.07) is -4.76. The van der Waals surface area contributed by atoms with Crippen LogP contribution in [0.25, 0.3) is 0 Å². The van der Waals surface area contributed by atoms with Gasteiger partial charge in [-0.2, -0.15) is 12.6 Å². The molecule has 0 aliphatic carbocycles. The number of nitrogens with two attached hydrogens (primary N) is 3. The number of rotatable bonds is 13. The van der Waals surface area contributed by atoms with E-state index in [0.29, 0.717) is 0 Å². The molecule has 0 saturated heterocycles. The van der Waals surface area contributed by atoms with Crippen molar-refractivity contribution in [2.45, 2.75) is 57.0 Å². The van der Waals surface area contributed by atoms with Crippen LogP contribution >= 0.6 is 12.6 Å². The van der Waals surface area contributed by atoms with Crippen LogP contribution in [0.4, 0.5) is 0 Å². The number of thiol groups is 1. The highest BCUT2D eigenvalue weighted by Gasteiger charge is 2.31. The first kappa shape index (κ1) is 27.4. The number of nitrogens with one attached hydrogen (secondary N) is 3. The van der Waals surface area contributed by atoms with Crippen LogP contribution < -0.4 is 33.2 Å². The Bertz CT molecular complexity index is 640. The molecular formula is C16H31N7O6S. The average Bonchev–Trinajstić information content (AvgIpc) is 2.64. The molecule has 0 aromatic carbocycles. The molecule has 0 aromatic rings. The summed E-state index contributed by atoms with van der Waals surface area (Å²) in [4.78, 5) is 51.8. The maximum atomic E-state index is 12.6. The molecule has 0 fully saturated rings. The van der Waals surface area contributed by atoms with Crippen molar-refractivity contribution >= 4 is 42.3 Å². The lowest BCUT2D eigenvalue weighted by atomic mass is 10.1. The first-order valence-corrected chi connectivity index (χ1v) is 9.77. The predicted octanol–water partition coefficient (Wildman–Crippen LogP) is -3.76. The minimum atomic E-state index is -1.38. The third-order valence-electron chi connectivity index (χ3n) is 3.85. The molecule has 0 bridgehead atoms. The first-order chi connectivity index (χ1) is 13.9. The van der Waals surface area contributed by atoms with Gasteiger partial charge in [-0.3, -0.25) is 19.4 Å². The van der Waals surface area contributed by atoms with Crippen LogP contribution in [0.1, 0.15) is 26.7 Å². The van der Waals surface area contributed by atoms with E-state index in [4.69, 9.17) is 22.3 Å². The van der Waals surface area contributed by atoms with Gasteiger partial charge in [0.2, 0.25) is 17.7 Å². The summed E-state index contributed by atoms with van der Waals surface area (Å²) in [6.07, 6.45) is -0.955. The van der Waals surface area contributed by atoms with Crippen LogP contribution in [0.3, 0.4) is 0 Å². The van der Waals surface area contributed by atoms with Crippen molar-refractivity contribution < 1.29 is 29.4 Å². The van der Waals surface area contributed by atoms with Gasteiger partial charge in [-0.05, 0) is 26.7 Å². The SMILES string of the molecule is CC(N)C(=O)NC(C(=O)NC(CCCN=C(N)N)C(=O)NC(CS)C(=O)O)C(C)O. The van der Waals surface area contributed by atoms with Crippen LogP contribution in [0.5, 0.6) is 0 Å². The highest BCUT2D eigenvalue weighted by atomic mass is 32.1. The highest BCUT2D eigenvalue weighted by molar-refractivity contribution is 7.80. The van der Waals surface area contributed by atoms with E-state index in [1.54, 1.807) is 0 Å². The minimum absolute atomic E-state index is 0.0566. The van der Waals surface area contributed by atoms with E-state index in [2.05, 4.69) is 33.6 Å². The van der Waals surface area contributed by atoms with Crippen LogP contribution in [-0.2, 0) is 19.2 Å². The van der Waals surface area contributed by atoms with Crippen molar-refractivity contribution in [2.24, 2.45) is 22.2 Å². The molecule has 0 aromatic heterocycles. The zero-order valence-corrected chi connectivity index (χ0v) is 17.8. The second-order valence-corrected chi connectivity index (χ2v) is 6.97. The second-order valence-electron chi connectivity index (χ2n) is 6.61. The largest absolute Gasteiger partial charge is 0.480 e. The van der Waals surface area contributed by atoms with Crippen molar-refractivity contribution in [1.29, 1.82) is 0 Å². The zero-order valence-electron chi connectivity index (χ0n) is 16.9. The maximum absolute atomic E-state index is 12.6. The van der Waals surface area contributed by atoms with Crippen molar-refractivity contribution in [3.05, 3.63) is 0 Å². The number of carboxylic acid groups (broad SMARTS) is 1. The highest BCUT2D eigenvalue weighted by Crippen LogP contribution is 2.03. The number of amides is 3. The van der Waals surface area contributed by atoms with Gasteiger partial charge < -0.3 is 43.4 Å². The maximum Gasteiger partial charge on any atom is 0.327 e. The van der Waals surface area contributed by atoms with Crippen LogP contribution in [0, 0.1) is 0 Å². The fourth-order valence-electron chi connectivity index (χ4n) is 2.18. The van der Waals surface area contributed by atoms with Crippen molar-refractivity contribution in [3.63, 3.8) is 0 Å². The van der Waals surface area contributed by atoms with Gasteiger partial charge in [-0.1, -0.05) is 0 Å². The molecule has 0 spiro atoms. The van der Waals surface area contributed by atoms with Gasteiger partial charge in [-0.15, -0.1) is 0 Å². The lowest BCUT2D eigenvalue weighted by molar-refractivity contribution is -0.141. The summed E-state index contributed by atoms with van der Waals surface area (Å²) in [6.45, 7) is 2.84. The van der Waals surface area contributed by atoms with Crippen molar-refractivity contribution in [2.75, 3.05) is 12.3 Å². The molecule has 0 saturated carbocycles. The topological polar surface area (TPSA) is 235 Å². The van der Waals surface area contributed by atoms with Crippen molar-refractivity contribution in [3.8, 4) is 0 Å². The number of aliphatic carboxylic acids is 1. The molecule has 0 aliphatic rings. The molecule has 0 rings (SSSR count). The summed E-state index contributed by atoms with van der Waals surface area (Å²) in [7, 11) is 0. The molecule has 5 atom stereocenters. The Labute approximate surface area is 179 Å². The number of carboxylic acids is 1. The molecule has 14 heteroatoms. The smallest absolute Gasteiger partial charge is 0.327 e. The Morgan fingerprint density at radius 3 is 2.00 bits per heavy atom. The van der Waals surface area contributed by atoms with E-state index in [-0.39, 0.29) is 31.1 Å². The fraction of sp³-hybridized carbons (Fsp3) is 0.688. The molecule has 0 heterocycles. The third-order valence-corrected chi connectivity index (χ3v) is 4.22. The number of carbonyl (C=O) groups excluding carboxylic acids is 3. The number of aliphatic hydroxyl groups excluding tert-OH is 1. The number of guanidine groups is 1. The van der Waals surface area contributed by atoms with E-state index < -0.39 is 54.0 Å². The summed E-state index contributed by atoms with van der Waals surface area (Å²) < 4.78 is 0. The molecule has 11 N–H and O–H groups in total. The molecule has 30 heavy (non-hydrogen) atoms. The Hall–Kier alpha value is -2.58. The Morgan fingerprint density at radius 2 is 1.57 bits per heavy atom. The minimum Gasteiger partial charge on any atom is -0.480 e. The monoisotopic (exact) mass is 449 g/mol. The van der Waals surface area contributed by atoms with Crippen LogP contribution in [-0.4, -0.2) is 82.4 Å². The Morgan fingerprint density at radius 1 is 1.00 bits per heavy atom. The molecular weight excluding hydrogens is 418 g/mol. The normalized spacial score (nSPS) is 15.6. The zero-order chi connectivity index (χ0) is 23.4. The van der Waals surface area contributed by atoms with Gasteiger partial charge in [0.25, 0.3) is 0 Å². The number of hydrogen-bond acceptors (Lipinski definition) is 8. The second kappa shape index (κ2) is 13.6. The first-order valence-electron chi connectivity index (χ1n) is 9.14. The van der Waals surface area contributed by atoms with E-state index >= 15 is 0 Å². The van der Waals surface area contributed by atoms with E-state index in [0.717, 1.165) is 0 Å².